The summed E-state index contributed by atoms with van der Waals surface area (Å²) in [4.78, 5) is 0. The first kappa shape index (κ1) is 14.1. The van der Waals surface area contributed by atoms with Gasteiger partial charge in [0.25, 0.3) is 0 Å². The monoisotopic (exact) mass is 285 g/mol. The lowest BCUT2D eigenvalue weighted by atomic mass is 9.95. The molecule has 0 radical (unpaired) electrons. The van der Waals surface area contributed by atoms with E-state index in [1.807, 2.05) is 18.2 Å². The van der Waals surface area contributed by atoms with Crippen LogP contribution >= 0.6 is 0 Å². The average molecular weight is 285 g/mol. The summed E-state index contributed by atoms with van der Waals surface area (Å²) < 4.78 is 19.1. The van der Waals surface area contributed by atoms with Crippen molar-refractivity contribution in [3.05, 3.63) is 64.5 Å². The molecule has 0 aliphatic carbocycles. The number of nitrogens with one attached hydrogen (secondary N) is 1. The number of ether oxygens (including phenoxy) is 1. The fraction of sp³-hybridized carbons (Fsp3) is 0.333. The molecule has 1 heterocycles. The summed E-state index contributed by atoms with van der Waals surface area (Å²) in [5.41, 5.74) is 4.23. The third kappa shape index (κ3) is 2.79. The molecule has 2 aromatic rings. The molecule has 1 unspecified atom stereocenters. The molecular weight excluding hydrogens is 265 g/mol. The van der Waals surface area contributed by atoms with Gasteiger partial charge in [0, 0.05) is 6.42 Å². The lowest BCUT2D eigenvalue weighted by molar-refractivity contribution is 0.357. The van der Waals surface area contributed by atoms with Gasteiger partial charge >= 0.3 is 0 Å². The molecule has 1 aliphatic rings. The van der Waals surface area contributed by atoms with Crippen LogP contribution in [0.3, 0.4) is 0 Å². The van der Waals surface area contributed by atoms with E-state index in [0.717, 1.165) is 30.9 Å². The Labute approximate surface area is 125 Å². The first-order chi connectivity index (χ1) is 10.2. The average Bonchev–Trinajstić information content (AvgIpc) is 2.95. The van der Waals surface area contributed by atoms with Crippen molar-refractivity contribution in [2.45, 2.75) is 26.3 Å². The van der Waals surface area contributed by atoms with Crippen LogP contribution in [-0.2, 0) is 6.42 Å². The van der Waals surface area contributed by atoms with Crippen molar-refractivity contribution in [3.8, 4) is 5.75 Å². The number of rotatable bonds is 4. The van der Waals surface area contributed by atoms with E-state index >= 15 is 0 Å². The molecule has 0 bridgehead atoms. The van der Waals surface area contributed by atoms with Crippen molar-refractivity contribution in [1.29, 1.82) is 0 Å². The molecule has 3 heteroatoms. The molecule has 1 N–H and O–H groups in total. The van der Waals surface area contributed by atoms with Crippen LogP contribution in [0.25, 0.3) is 0 Å². The molecule has 0 fully saturated rings. The third-order valence-electron chi connectivity index (χ3n) is 3.97. The Morgan fingerprint density at radius 2 is 1.95 bits per heavy atom. The summed E-state index contributed by atoms with van der Waals surface area (Å²) in [6, 6.07) is 11.8. The largest absolute Gasteiger partial charge is 0.493 e. The standard InChI is InChI=1S/C18H20FNO/c1-3-20-18(14-4-6-16(19)12(2)10-14)15-5-7-17-13(11-15)8-9-21-17/h4-7,10-11,18,20H,3,8-9H2,1-2H3. The van der Waals surface area contributed by atoms with E-state index in [2.05, 4.69) is 24.4 Å². The van der Waals surface area contributed by atoms with Crippen molar-refractivity contribution in [3.63, 3.8) is 0 Å². The number of aryl methyl sites for hydroxylation is 1. The third-order valence-corrected chi connectivity index (χ3v) is 3.97. The molecule has 1 aliphatic heterocycles. The molecule has 21 heavy (non-hydrogen) atoms. The van der Waals surface area contributed by atoms with Crippen LogP contribution < -0.4 is 10.1 Å². The van der Waals surface area contributed by atoms with Crippen LogP contribution in [0.1, 0.15) is 35.2 Å². The predicted molar refractivity (Wildman–Crippen MR) is 82.3 cm³/mol. The van der Waals surface area contributed by atoms with Gasteiger partial charge in [0.15, 0.2) is 0 Å². The zero-order valence-electron chi connectivity index (χ0n) is 12.4. The first-order valence-electron chi connectivity index (χ1n) is 7.44. The zero-order valence-corrected chi connectivity index (χ0v) is 12.4. The summed E-state index contributed by atoms with van der Waals surface area (Å²) in [5.74, 6) is 0.834. The van der Waals surface area contributed by atoms with Gasteiger partial charge in [-0.25, -0.2) is 4.39 Å². The SMILES string of the molecule is CCNC(c1ccc(F)c(C)c1)c1ccc2c(c1)CCO2. The molecule has 0 saturated heterocycles. The van der Waals surface area contributed by atoms with Crippen LogP contribution in [0.5, 0.6) is 5.75 Å². The van der Waals surface area contributed by atoms with E-state index < -0.39 is 0 Å². The number of hydrogen-bond acceptors (Lipinski definition) is 2. The minimum Gasteiger partial charge on any atom is -0.493 e. The summed E-state index contributed by atoms with van der Waals surface area (Å²) in [6.07, 6.45) is 0.963. The maximum absolute atomic E-state index is 13.5. The second-order valence-corrected chi connectivity index (χ2v) is 5.46. The van der Waals surface area contributed by atoms with E-state index in [1.165, 1.54) is 11.1 Å². The van der Waals surface area contributed by atoms with E-state index in [0.29, 0.717) is 5.56 Å². The van der Waals surface area contributed by atoms with Crippen LogP contribution in [0.2, 0.25) is 0 Å². The highest BCUT2D eigenvalue weighted by Crippen LogP contribution is 2.31. The number of benzene rings is 2. The van der Waals surface area contributed by atoms with Gasteiger partial charge in [-0.2, -0.15) is 0 Å². The van der Waals surface area contributed by atoms with E-state index in [-0.39, 0.29) is 11.9 Å². The second-order valence-electron chi connectivity index (χ2n) is 5.46. The van der Waals surface area contributed by atoms with Gasteiger partial charge in [-0.05, 0) is 47.9 Å². The Hall–Kier alpha value is -1.87. The Morgan fingerprint density at radius 3 is 2.71 bits per heavy atom. The Morgan fingerprint density at radius 1 is 1.19 bits per heavy atom. The molecule has 0 aromatic heterocycles. The molecule has 3 rings (SSSR count). The highest BCUT2D eigenvalue weighted by Gasteiger charge is 2.18. The molecule has 0 amide bonds. The van der Waals surface area contributed by atoms with Crippen molar-refractivity contribution in [2.24, 2.45) is 0 Å². The molecule has 0 spiro atoms. The van der Waals surface area contributed by atoms with Crippen molar-refractivity contribution in [2.75, 3.05) is 13.2 Å². The predicted octanol–water partition coefficient (Wildman–Crippen LogP) is 3.77. The second kappa shape index (κ2) is 5.86. The molecule has 0 saturated carbocycles. The smallest absolute Gasteiger partial charge is 0.126 e. The van der Waals surface area contributed by atoms with Gasteiger partial charge in [-0.1, -0.05) is 31.2 Å². The van der Waals surface area contributed by atoms with Gasteiger partial charge in [-0.3, -0.25) is 0 Å². The van der Waals surface area contributed by atoms with E-state index in [9.17, 15) is 4.39 Å². The van der Waals surface area contributed by atoms with Gasteiger partial charge in [0.2, 0.25) is 0 Å². The van der Waals surface area contributed by atoms with Crippen molar-refractivity contribution in [1.82, 2.24) is 5.32 Å². The fourth-order valence-corrected chi connectivity index (χ4v) is 2.87. The van der Waals surface area contributed by atoms with Crippen LogP contribution in [0.4, 0.5) is 4.39 Å². The topological polar surface area (TPSA) is 21.3 Å². The zero-order chi connectivity index (χ0) is 14.8. The maximum atomic E-state index is 13.5. The van der Waals surface area contributed by atoms with Gasteiger partial charge < -0.3 is 10.1 Å². The minimum absolute atomic E-state index is 0.0835. The van der Waals surface area contributed by atoms with Crippen LogP contribution in [-0.4, -0.2) is 13.2 Å². The van der Waals surface area contributed by atoms with Crippen LogP contribution in [0.15, 0.2) is 36.4 Å². The van der Waals surface area contributed by atoms with Gasteiger partial charge in [-0.15, -0.1) is 0 Å². The van der Waals surface area contributed by atoms with Gasteiger partial charge in [0.1, 0.15) is 11.6 Å². The van der Waals surface area contributed by atoms with Gasteiger partial charge in [0.05, 0.1) is 12.6 Å². The number of hydrogen-bond donors (Lipinski definition) is 1. The fourth-order valence-electron chi connectivity index (χ4n) is 2.87. The lowest BCUT2D eigenvalue weighted by Gasteiger charge is -2.20. The molecule has 1 atom stereocenters. The summed E-state index contributed by atoms with van der Waals surface area (Å²) in [5, 5.41) is 3.49. The summed E-state index contributed by atoms with van der Waals surface area (Å²) in [6.45, 7) is 5.51. The highest BCUT2D eigenvalue weighted by atomic mass is 19.1. The molecular formula is C18H20FNO. The molecule has 110 valence electrons. The van der Waals surface area contributed by atoms with Crippen molar-refractivity contribution < 1.29 is 9.13 Å². The highest BCUT2D eigenvalue weighted by molar-refractivity contribution is 5.43. The number of halogens is 1. The Balaban J connectivity index is 1.99. The maximum Gasteiger partial charge on any atom is 0.126 e. The minimum atomic E-state index is -0.156. The Bertz CT molecular complexity index is 654. The van der Waals surface area contributed by atoms with E-state index in [4.69, 9.17) is 4.74 Å². The molecule has 2 aromatic carbocycles. The first-order valence-corrected chi connectivity index (χ1v) is 7.44. The van der Waals surface area contributed by atoms with Crippen LogP contribution in [0, 0.1) is 12.7 Å². The summed E-state index contributed by atoms with van der Waals surface area (Å²) >= 11 is 0. The molecule has 2 nitrogen and oxygen atoms in total. The summed E-state index contributed by atoms with van der Waals surface area (Å²) in [7, 11) is 0. The lowest BCUT2D eigenvalue weighted by Crippen LogP contribution is -2.22. The quantitative estimate of drug-likeness (QED) is 0.923. The normalized spacial score (nSPS) is 14.6. The Kier molecular flexibility index (Phi) is 3.93. The van der Waals surface area contributed by atoms with Crippen molar-refractivity contribution >= 4 is 0 Å². The number of fused-ring (bicyclic) bond motifs is 1. The van der Waals surface area contributed by atoms with E-state index in [1.54, 1.807) is 13.0 Å².